The SMILES string of the molecule is [2H]c1cc(F)c(C#N)c([2H])c1C([2H])N1CCC(N([2H])c2ncnc3sc(Cl)c([2H])c23)CC1.[2H]c1cc(F)c(C#N)c([2H])c1C([2H])N1CCC([2H])(N([2H])c2ncnc3sc(Cl)c([2H])c23)CC1.[2H]c1nc(N([2H])C2([2H])CCN(C([2H])c3c([2H])cc(F)c(C#N)c3[2H])CC2)c2c([2H])c(Cl)sc2n1. The lowest BCUT2D eigenvalue weighted by Crippen LogP contribution is -2.38. The van der Waals surface area contributed by atoms with Crippen molar-refractivity contribution in [3.63, 3.8) is 0 Å². The van der Waals surface area contributed by atoms with Gasteiger partial charge in [0.1, 0.15) is 87.9 Å². The number of hydrogen-bond acceptors (Lipinski definition) is 18. The summed E-state index contributed by atoms with van der Waals surface area (Å²) in [5, 5.41) is 31.3. The Balaban J connectivity index is 0.000000161. The van der Waals surface area contributed by atoms with Crippen LogP contribution in [0.3, 0.4) is 0 Å². The summed E-state index contributed by atoms with van der Waals surface area (Å²) >= 11 is 21.4. The highest BCUT2D eigenvalue weighted by Gasteiger charge is 2.24. The molecule has 3 aliphatic rings. The number of likely N-dealkylation sites (tertiary alicyclic amines) is 3. The van der Waals surface area contributed by atoms with Gasteiger partial charge in [0.15, 0.2) is 4.24 Å². The molecule has 3 aromatic carbocycles. The molecule has 0 saturated carbocycles. The van der Waals surface area contributed by atoms with Crippen LogP contribution in [0.5, 0.6) is 0 Å². The van der Waals surface area contributed by atoms with E-state index in [0.717, 1.165) is 62.8 Å². The van der Waals surface area contributed by atoms with Crippen LogP contribution in [0.2, 0.25) is 17.2 Å². The van der Waals surface area contributed by atoms with Crippen LogP contribution in [0.15, 0.2) is 91.5 Å². The van der Waals surface area contributed by atoms with Crippen LogP contribution in [-0.2, 0) is 19.6 Å². The Labute approximate surface area is 518 Å². The van der Waals surface area contributed by atoms with Gasteiger partial charge in [0, 0.05) is 81.0 Å². The van der Waals surface area contributed by atoms with Crippen molar-refractivity contribution in [3.05, 3.63) is 155 Å². The topological polar surface area (TPSA) is 195 Å². The van der Waals surface area contributed by atoms with Crippen molar-refractivity contribution in [2.24, 2.45) is 0 Å². The second-order valence-electron chi connectivity index (χ2n) is 17.8. The number of thiophene rings is 3. The van der Waals surface area contributed by atoms with E-state index in [1.165, 1.54) is 18.0 Å². The number of halogens is 6. The van der Waals surface area contributed by atoms with Gasteiger partial charge in [-0.25, -0.2) is 43.1 Å². The van der Waals surface area contributed by atoms with Gasteiger partial charge in [-0.2, -0.15) is 15.8 Å². The molecule has 81 heavy (non-hydrogen) atoms. The van der Waals surface area contributed by atoms with E-state index in [2.05, 4.69) is 29.9 Å². The standard InChI is InChI=1S/3C19H17ClFN5S/c3*20-17-8-15-18(23-11-24-19(15)27-17)25-14-3-5-26(6-4-14)10-12-1-2-16(21)13(7-12)9-22/h3*1-2,7-8,11,14H,3-6,10H2,(H,23,24,25)/i1D,7D,8D,10D,11D,14D;1D,7D,8D,10D,14D;1D,7D,8D,10D/hD3. The fourth-order valence-electron chi connectivity index (χ4n) is 8.49. The third-order valence-corrected chi connectivity index (χ3v) is 15.8. The summed E-state index contributed by atoms with van der Waals surface area (Å²) < 4.78 is 192. The van der Waals surface area contributed by atoms with E-state index in [4.69, 9.17) is 75.4 Å². The largest absolute Gasteiger partial charge is 0.367 e. The second kappa shape index (κ2) is 26.8. The number of piperidine rings is 3. The third-order valence-electron chi connectivity index (χ3n) is 12.5. The molecule has 414 valence electrons. The summed E-state index contributed by atoms with van der Waals surface area (Å²) in [6, 6.07) is 1.89. The molecule has 0 amide bonds. The van der Waals surface area contributed by atoms with Crippen molar-refractivity contribution in [3.8, 4) is 18.2 Å². The second-order valence-corrected chi connectivity index (χ2v) is 22.6. The summed E-state index contributed by atoms with van der Waals surface area (Å²) in [7, 11) is 0. The predicted molar refractivity (Wildman–Crippen MR) is 316 cm³/mol. The number of rotatable bonds is 12. The number of fused-ring (bicyclic) bond motifs is 3. The van der Waals surface area contributed by atoms with Crippen molar-refractivity contribution in [1.29, 1.82) is 15.8 Å². The molecule has 9 aromatic rings. The molecule has 15 nitrogen and oxygen atoms in total. The summed E-state index contributed by atoms with van der Waals surface area (Å²) in [5.41, 5.74) is -1.66. The lowest BCUT2D eigenvalue weighted by atomic mass is 10.0. The fourth-order valence-corrected chi connectivity index (χ4v) is 11.4. The van der Waals surface area contributed by atoms with Crippen LogP contribution in [0.25, 0.3) is 30.6 Å². The lowest BCUT2D eigenvalue weighted by Gasteiger charge is -2.32. The van der Waals surface area contributed by atoms with Crippen LogP contribution in [0.1, 0.15) is 92.5 Å². The van der Waals surface area contributed by atoms with E-state index in [1.54, 1.807) is 32.9 Å². The van der Waals surface area contributed by atoms with E-state index in [9.17, 15) is 13.2 Å². The number of nitrogens with one attached hydrogen (secondary N) is 3. The smallest absolute Gasteiger partial charge is 0.162 e. The average Bonchev–Trinajstić information content (AvgIpc) is 1.74. The van der Waals surface area contributed by atoms with Gasteiger partial charge in [-0.15, -0.1) is 34.0 Å². The van der Waals surface area contributed by atoms with E-state index in [1.807, 2.05) is 0 Å². The molecule has 3 aliphatic heterocycles. The molecule has 6 aromatic heterocycles. The molecular weight excluding hydrogens is 1150 g/mol. The van der Waals surface area contributed by atoms with Gasteiger partial charge in [0.2, 0.25) is 0 Å². The number of benzene rings is 3. The van der Waals surface area contributed by atoms with Gasteiger partial charge in [-0.3, -0.25) is 14.7 Å². The lowest BCUT2D eigenvalue weighted by molar-refractivity contribution is 0.211. The number of hydrogen-bond donors (Lipinski definition) is 3. The maximum Gasteiger partial charge on any atom is 0.162 e. The normalized spacial score (nSPS) is 20.8. The van der Waals surface area contributed by atoms with Gasteiger partial charge >= 0.3 is 0 Å². The Hall–Kier alpha value is -6.81. The number of nitrogens with zero attached hydrogens (tertiary/aromatic N) is 12. The highest BCUT2D eigenvalue weighted by atomic mass is 35.5. The van der Waals surface area contributed by atoms with Gasteiger partial charge in [0.05, 0.1) is 60.9 Å². The zero-order valence-corrected chi connectivity index (χ0v) is 46.6. The number of aromatic nitrogens is 6. The maximum atomic E-state index is 13.9. The van der Waals surface area contributed by atoms with Gasteiger partial charge in [-0.1, -0.05) is 52.9 Å². The first-order chi connectivity index (χ1) is 46.8. The Kier molecular flexibility index (Phi) is 12.9. The van der Waals surface area contributed by atoms with Crippen LogP contribution in [0.4, 0.5) is 30.6 Å². The zero-order valence-electron chi connectivity index (χ0n) is 59.9. The Morgan fingerprint density at radius 1 is 0.531 bits per heavy atom. The van der Waals surface area contributed by atoms with Crippen LogP contribution < -0.4 is 15.9 Å². The molecule has 0 spiro atoms. The van der Waals surface area contributed by atoms with E-state index in [0.29, 0.717) is 52.2 Å². The van der Waals surface area contributed by atoms with Crippen molar-refractivity contribution in [2.45, 2.75) is 76.2 Å². The van der Waals surface area contributed by atoms with Gasteiger partial charge in [-0.05, 0) is 110 Å². The van der Waals surface area contributed by atoms with Crippen LogP contribution >= 0.6 is 68.8 Å². The molecular formula is C57H51Cl3F3N15S3. The maximum absolute atomic E-state index is 13.9. The molecule has 0 aliphatic carbocycles. The summed E-state index contributed by atoms with van der Waals surface area (Å²) in [6.07, 6.45) is 3.66. The average molecular weight is 1220 g/mol. The number of nitriles is 3. The van der Waals surface area contributed by atoms with Crippen LogP contribution in [0, 0.1) is 51.4 Å². The fraction of sp³-hybridized carbons (Fsp3) is 0.316. The van der Waals surface area contributed by atoms with Crippen molar-refractivity contribution in [1.82, 2.24) is 44.6 Å². The molecule has 3 N–H and O–H groups in total. The molecule has 3 atom stereocenters. The monoisotopic (exact) mass is 1220 g/mol. The first-order valence-corrected chi connectivity index (χ1v) is 28.1. The molecule has 9 heterocycles. The van der Waals surface area contributed by atoms with Crippen molar-refractivity contribution >= 4 is 117 Å². The van der Waals surface area contributed by atoms with E-state index < -0.39 is 83.9 Å². The van der Waals surface area contributed by atoms with Gasteiger partial charge < -0.3 is 15.9 Å². The summed E-state index contributed by atoms with van der Waals surface area (Å²) in [4.78, 5) is 30.7. The molecule has 0 radical (unpaired) electrons. The number of anilines is 3. The summed E-state index contributed by atoms with van der Waals surface area (Å²) in [6.45, 7) is -2.03. The Morgan fingerprint density at radius 2 is 0.877 bits per heavy atom. The van der Waals surface area contributed by atoms with Crippen molar-refractivity contribution in [2.75, 3.05) is 55.2 Å². The van der Waals surface area contributed by atoms with E-state index >= 15 is 0 Å². The Bertz CT molecular complexity index is 4760. The minimum absolute atomic E-state index is 0.00611. The third kappa shape index (κ3) is 14.8. The molecule has 0 bridgehead atoms. The highest BCUT2D eigenvalue weighted by Crippen LogP contribution is 2.35. The van der Waals surface area contributed by atoms with Crippen LogP contribution in [-0.4, -0.2) is 102 Å². The van der Waals surface area contributed by atoms with Crippen molar-refractivity contribution < 1.29 is 38.0 Å². The van der Waals surface area contributed by atoms with E-state index in [-0.39, 0.29) is 152 Å². The summed E-state index contributed by atoms with van der Waals surface area (Å²) in [5.74, 6) is -2.51. The van der Waals surface area contributed by atoms with Gasteiger partial charge in [0.25, 0.3) is 0 Å². The molecule has 3 fully saturated rings. The molecule has 3 saturated heterocycles. The molecule has 3 unspecified atom stereocenters. The highest BCUT2D eigenvalue weighted by molar-refractivity contribution is 7.23. The first kappa shape index (κ1) is 38.8. The minimum atomic E-state index is -1.50. The molecule has 12 rings (SSSR count). The minimum Gasteiger partial charge on any atom is -0.367 e. The first-order valence-electron chi connectivity index (χ1n) is 33.6. The zero-order chi connectivity index (χ0) is 72.2. The molecule has 24 heteroatoms. The Morgan fingerprint density at radius 3 is 1.26 bits per heavy atom. The quantitative estimate of drug-likeness (QED) is 0.104. The predicted octanol–water partition coefficient (Wildman–Crippen LogP) is 13.3.